The number of carbonyl (C=O) groups is 2. The lowest BCUT2D eigenvalue weighted by molar-refractivity contribution is 0.0953. The molecule has 46 heavy (non-hydrogen) atoms. The predicted molar refractivity (Wildman–Crippen MR) is 186 cm³/mol. The number of hydrogen-bond acceptors (Lipinski definition) is 5. The SMILES string of the molecule is Cc1cc(C)c(C(=O)C(P=O)(c2ccccc2)c2cccc(CP(=O)(C(=O)c3c(C)cc(C)cc3C)c3ccccc3)n2)c(C)c1. The molecular formula is C39H37NO4P2. The van der Waals surface area contributed by atoms with E-state index < -0.39 is 26.3 Å². The van der Waals surface area contributed by atoms with Crippen LogP contribution in [0.1, 0.15) is 71.0 Å². The van der Waals surface area contributed by atoms with Gasteiger partial charge >= 0.3 is 0 Å². The highest BCUT2D eigenvalue weighted by Crippen LogP contribution is 2.52. The number of Topliss-reactive ketones (excluding diaryl/α,β-unsaturated/α-hetero) is 1. The third-order valence-corrected chi connectivity index (χ3v) is 12.3. The van der Waals surface area contributed by atoms with E-state index in [2.05, 4.69) is 0 Å². The molecule has 1 aromatic heterocycles. The summed E-state index contributed by atoms with van der Waals surface area (Å²) in [4.78, 5) is 34.0. The molecule has 0 bridgehead atoms. The molecule has 0 spiro atoms. The highest BCUT2D eigenvalue weighted by molar-refractivity contribution is 7.86. The van der Waals surface area contributed by atoms with Crippen LogP contribution in [0.5, 0.6) is 0 Å². The summed E-state index contributed by atoms with van der Waals surface area (Å²) in [7, 11) is -4.26. The lowest BCUT2D eigenvalue weighted by Gasteiger charge is -2.28. The van der Waals surface area contributed by atoms with Crippen molar-refractivity contribution in [2.24, 2.45) is 0 Å². The molecule has 1 heterocycles. The zero-order chi connectivity index (χ0) is 33.2. The molecule has 0 N–H and O–H groups in total. The minimum absolute atomic E-state index is 0.159. The van der Waals surface area contributed by atoms with E-state index in [1.807, 2.05) is 77.9 Å². The van der Waals surface area contributed by atoms with E-state index in [-0.39, 0.29) is 17.6 Å². The Labute approximate surface area is 272 Å². The molecule has 4 aromatic carbocycles. The van der Waals surface area contributed by atoms with Crippen LogP contribution in [0.4, 0.5) is 0 Å². The van der Waals surface area contributed by atoms with Crippen molar-refractivity contribution in [2.45, 2.75) is 52.9 Å². The van der Waals surface area contributed by atoms with Gasteiger partial charge in [0.15, 0.2) is 26.5 Å². The molecule has 232 valence electrons. The van der Waals surface area contributed by atoms with Crippen molar-refractivity contribution >= 4 is 32.2 Å². The van der Waals surface area contributed by atoms with Crippen LogP contribution in [0.2, 0.25) is 0 Å². The molecule has 5 nitrogen and oxygen atoms in total. The fraction of sp³-hybridized carbons (Fsp3) is 0.205. The van der Waals surface area contributed by atoms with Crippen LogP contribution in [0.15, 0.2) is 103 Å². The Hall–Kier alpha value is -4.30. The number of carbonyl (C=O) groups excluding carboxylic acids is 2. The zero-order valence-corrected chi connectivity index (χ0v) is 28.8. The average molecular weight is 646 g/mol. The number of nitrogens with zero attached hydrogens (tertiary/aromatic N) is 1. The van der Waals surface area contributed by atoms with E-state index in [9.17, 15) is 14.2 Å². The first-order valence-corrected chi connectivity index (χ1v) is 17.9. The van der Waals surface area contributed by atoms with E-state index in [1.54, 1.807) is 66.7 Å². The van der Waals surface area contributed by atoms with Gasteiger partial charge < -0.3 is 4.57 Å². The summed E-state index contributed by atoms with van der Waals surface area (Å²) < 4.78 is 28.6. The Morgan fingerprint density at radius 1 is 0.674 bits per heavy atom. The van der Waals surface area contributed by atoms with E-state index in [1.165, 1.54) is 0 Å². The topological polar surface area (TPSA) is 81.2 Å². The molecule has 2 unspecified atom stereocenters. The van der Waals surface area contributed by atoms with Gasteiger partial charge in [0.2, 0.25) is 5.52 Å². The van der Waals surface area contributed by atoms with E-state index >= 15 is 4.57 Å². The Bertz CT molecular complexity index is 1980. The van der Waals surface area contributed by atoms with Gasteiger partial charge in [-0.25, -0.2) is 0 Å². The smallest absolute Gasteiger partial charge is 0.226 e. The molecule has 0 amide bonds. The first kappa shape index (κ1) is 33.1. The van der Waals surface area contributed by atoms with Crippen LogP contribution in [0, 0.1) is 41.5 Å². The summed E-state index contributed by atoms with van der Waals surface area (Å²) in [6, 6.07) is 30.7. The fourth-order valence-corrected chi connectivity index (χ4v) is 9.81. The molecule has 0 aliphatic rings. The summed E-state index contributed by atoms with van der Waals surface area (Å²) >= 11 is 0. The van der Waals surface area contributed by atoms with Gasteiger partial charge in [0.25, 0.3) is 0 Å². The van der Waals surface area contributed by atoms with Crippen LogP contribution in [-0.2, 0) is 20.4 Å². The summed E-state index contributed by atoms with van der Waals surface area (Å²) in [5, 5.41) is -1.24. The van der Waals surface area contributed by atoms with Crippen molar-refractivity contribution in [3.63, 3.8) is 0 Å². The van der Waals surface area contributed by atoms with Gasteiger partial charge in [-0.15, -0.1) is 0 Å². The minimum Gasteiger partial charge on any atom is -0.310 e. The third kappa shape index (κ3) is 5.98. The van der Waals surface area contributed by atoms with E-state index in [4.69, 9.17) is 4.98 Å². The number of aryl methyl sites for hydroxylation is 6. The number of pyridine rings is 1. The van der Waals surface area contributed by atoms with Crippen LogP contribution in [0.3, 0.4) is 0 Å². The molecule has 0 aliphatic carbocycles. The van der Waals surface area contributed by atoms with Crippen molar-refractivity contribution in [3.8, 4) is 0 Å². The van der Waals surface area contributed by atoms with Gasteiger partial charge in [0.1, 0.15) is 0 Å². The molecule has 0 aliphatic heterocycles. The van der Waals surface area contributed by atoms with E-state index in [0.717, 1.165) is 33.4 Å². The number of aromatic nitrogens is 1. The first-order chi connectivity index (χ1) is 21.9. The van der Waals surface area contributed by atoms with E-state index in [0.29, 0.717) is 27.7 Å². The van der Waals surface area contributed by atoms with Crippen LogP contribution < -0.4 is 5.30 Å². The zero-order valence-electron chi connectivity index (χ0n) is 27.0. The number of benzene rings is 4. The largest absolute Gasteiger partial charge is 0.310 e. The molecule has 5 aromatic rings. The van der Waals surface area contributed by atoms with Crippen molar-refractivity contribution < 1.29 is 18.7 Å². The fourth-order valence-electron chi connectivity index (χ4n) is 6.58. The maximum absolute atomic E-state index is 15.1. The van der Waals surface area contributed by atoms with Crippen molar-refractivity contribution in [3.05, 3.63) is 165 Å². The lowest BCUT2D eigenvalue weighted by Crippen LogP contribution is -2.34. The lowest BCUT2D eigenvalue weighted by atomic mass is 9.83. The van der Waals surface area contributed by atoms with Crippen molar-refractivity contribution in [2.75, 3.05) is 0 Å². The Morgan fingerprint density at radius 2 is 1.17 bits per heavy atom. The van der Waals surface area contributed by atoms with Gasteiger partial charge in [0, 0.05) is 22.1 Å². The maximum Gasteiger partial charge on any atom is 0.226 e. The van der Waals surface area contributed by atoms with Gasteiger partial charge in [-0.2, -0.15) is 0 Å². The monoisotopic (exact) mass is 645 g/mol. The Morgan fingerprint density at radius 3 is 1.70 bits per heavy atom. The second-order valence-corrected chi connectivity index (χ2v) is 15.7. The summed E-state index contributed by atoms with van der Waals surface area (Å²) in [6.45, 7) is 11.4. The molecule has 0 radical (unpaired) electrons. The maximum atomic E-state index is 15.1. The second-order valence-electron chi connectivity index (χ2n) is 12.1. The Balaban J connectivity index is 1.70. The predicted octanol–water partition coefficient (Wildman–Crippen LogP) is 9.38. The number of ketones is 1. The summed E-state index contributed by atoms with van der Waals surface area (Å²) in [5.41, 5.74) is 6.80. The highest BCUT2D eigenvalue weighted by Gasteiger charge is 2.47. The van der Waals surface area contributed by atoms with Crippen molar-refractivity contribution in [1.29, 1.82) is 0 Å². The molecule has 5 rings (SSSR count). The minimum atomic E-state index is -3.80. The molecule has 0 saturated carbocycles. The second kappa shape index (κ2) is 13.2. The Kier molecular flexibility index (Phi) is 9.49. The van der Waals surface area contributed by atoms with Crippen LogP contribution >= 0.6 is 15.6 Å². The van der Waals surface area contributed by atoms with Crippen molar-refractivity contribution in [1.82, 2.24) is 4.98 Å². The standard InChI is InChI=1S/C39H37NO4P2/c1-25-20-27(3)35(28(4)21-25)37(41)39(45-43,31-14-9-7-10-15-31)34-19-13-16-32(40-34)24-46(44,33-17-11-8-12-18-33)38(42)36-29(5)22-26(2)23-30(36)6/h7-23H,24H2,1-6H3. The molecule has 0 saturated heterocycles. The first-order valence-electron chi connectivity index (χ1n) is 15.2. The van der Waals surface area contributed by atoms with Gasteiger partial charge in [-0.05, 0) is 81.5 Å². The normalized spacial score (nSPS) is 14.0. The summed E-state index contributed by atoms with van der Waals surface area (Å²) in [5.74, 6) is -0.344. The number of rotatable bonds is 10. The van der Waals surface area contributed by atoms with Gasteiger partial charge in [-0.3, -0.25) is 19.1 Å². The van der Waals surface area contributed by atoms with Crippen LogP contribution in [0.25, 0.3) is 0 Å². The summed E-state index contributed by atoms with van der Waals surface area (Å²) in [6.07, 6.45) is -0.159. The van der Waals surface area contributed by atoms with Gasteiger partial charge in [0.05, 0.1) is 11.9 Å². The third-order valence-electron chi connectivity index (χ3n) is 8.52. The molecule has 2 atom stereocenters. The molecular weight excluding hydrogens is 608 g/mol. The highest BCUT2D eigenvalue weighted by atomic mass is 31.2. The van der Waals surface area contributed by atoms with Gasteiger partial charge in [-0.1, -0.05) is 102 Å². The molecule has 0 fully saturated rings. The van der Waals surface area contributed by atoms with Crippen LogP contribution in [-0.4, -0.2) is 16.3 Å². The molecule has 7 heteroatoms. The number of hydrogen-bond donors (Lipinski definition) is 0. The quantitative estimate of drug-likeness (QED) is 0.112. The average Bonchev–Trinajstić information content (AvgIpc) is 3.02.